The highest BCUT2D eigenvalue weighted by molar-refractivity contribution is 6.30. The van der Waals surface area contributed by atoms with Crippen LogP contribution in [0.2, 0.25) is 5.02 Å². The highest BCUT2D eigenvalue weighted by Crippen LogP contribution is 2.31. The van der Waals surface area contributed by atoms with Gasteiger partial charge in [0.25, 0.3) is 5.69 Å². The van der Waals surface area contributed by atoms with Crippen LogP contribution in [0, 0.1) is 15.9 Å². The Morgan fingerprint density at radius 3 is 2.67 bits per heavy atom. The maximum absolute atomic E-state index is 13.7. The molecule has 108 valence electrons. The van der Waals surface area contributed by atoms with Crippen LogP contribution in [0.25, 0.3) is 0 Å². The molecule has 0 N–H and O–H groups in total. The van der Waals surface area contributed by atoms with Crippen molar-refractivity contribution in [2.24, 2.45) is 0 Å². The van der Waals surface area contributed by atoms with E-state index in [1.165, 1.54) is 37.3 Å². The molecule has 0 aromatic heterocycles. The number of nitro benzene ring substituents is 1. The molecule has 7 heteroatoms. The summed E-state index contributed by atoms with van der Waals surface area (Å²) in [5.74, 6) is -1.33. The number of rotatable bonds is 4. The number of nitrogens with zero attached hydrogens (tertiary/aromatic N) is 1. The Hall–Kier alpha value is -2.47. The summed E-state index contributed by atoms with van der Waals surface area (Å²) in [5.41, 5.74) is -0.443. The van der Waals surface area contributed by atoms with Crippen LogP contribution in [0.3, 0.4) is 0 Å². The van der Waals surface area contributed by atoms with E-state index in [0.717, 1.165) is 6.07 Å². The maximum Gasteiger partial charge on any atom is 0.283 e. The van der Waals surface area contributed by atoms with Gasteiger partial charge in [-0.25, -0.2) is 4.39 Å². The van der Waals surface area contributed by atoms with Gasteiger partial charge < -0.3 is 4.74 Å². The van der Waals surface area contributed by atoms with Gasteiger partial charge in [0.2, 0.25) is 0 Å². The summed E-state index contributed by atoms with van der Waals surface area (Å²) in [7, 11) is 0. The van der Waals surface area contributed by atoms with Gasteiger partial charge in [0.1, 0.15) is 5.75 Å². The van der Waals surface area contributed by atoms with Gasteiger partial charge in [-0.05, 0) is 31.2 Å². The molecule has 0 radical (unpaired) electrons. The molecule has 2 rings (SSSR count). The SMILES string of the molecule is CC(=O)c1ccc(Oc2cccc(Cl)c2F)cc1[N+](=O)[O-]. The van der Waals surface area contributed by atoms with E-state index in [-0.39, 0.29) is 22.1 Å². The van der Waals surface area contributed by atoms with Gasteiger partial charge >= 0.3 is 0 Å². The summed E-state index contributed by atoms with van der Waals surface area (Å²) < 4.78 is 18.9. The van der Waals surface area contributed by atoms with Gasteiger partial charge in [0, 0.05) is 0 Å². The largest absolute Gasteiger partial charge is 0.454 e. The molecule has 0 aliphatic carbocycles. The number of ketones is 1. The summed E-state index contributed by atoms with van der Waals surface area (Å²) in [4.78, 5) is 21.6. The smallest absolute Gasteiger partial charge is 0.283 e. The third kappa shape index (κ3) is 3.17. The first-order valence-corrected chi connectivity index (χ1v) is 6.19. The molecule has 0 aliphatic rings. The third-order valence-corrected chi connectivity index (χ3v) is 2.98. The molecule has 0 bridgehead atoms. The van der Waals surface area contributed by atoms with Gasteiger partial charge in [0.15, 0.2) is 17.3 Å². The van der Waals surface area contributed by atoms with Crippen molar-refractivity contribution in [1.29, 1.82) is 0 Å². The first kappa shape index (κ1) is 14.9. The molecule has 0 saturated carbocycles. The summed E-state index contributed by atoms with van der Waals surface area (Å²) in [6, 6.07) is 7.86. The second kappa shape index (κ2) is 5.88. The van der Waals surface area contributed by atoms with E-state index in [2.05, 4.69) is 0 Å². The van der Waals surface area contributed by atoms with Crippen molar-refractivity contribution in [3.63, 3.8) is 0 Å². The van der Waals surface area contributed by atoms with Gasteiger partial charge in [-0.2, -0.15) is 0 Å². The van der Waals surface area contributed by atoms with Crippen LogP contribution in [0.5, 0.6) is 11.5 Å². The van der Waals surface area contributed by atoms with Crippen molar-refractivity contribution in [3.05, 3.63) is 62.9 Å². The summed E-state index contributed by atoms with van der Waals surface area (Å²) in [5, 5.41) is 10.8. The molecular weight excluding hydrogens is 301 g/mol. The molecule has 0 aliphatic heterocycles. The van der Waals surface area contributed by atoms with E-state index in [0.29, 0.717) is 0 Å². The standard InChI is InChI=1S/C14H9ClFNO4/c1-8(18)10-6-5-9(7-12(10)17(19)20)21-13-4-2-3-11(15)14(13)16/h2-7H,1H3. The number of carbonyl (C=O) groups is 1. The van der Waals surface area contributed by atoms with E-state index in [1.807, 2.05) is 0 Å². The Kier molecular flexibility index (Phi) is 4.18. The lowest BCUT2D eigenvalue weighted by Crippen LogP contribution is -2.00. The molecular formula is C14H9ClFNO4. The normalized spacial score (nSPS) is 10.2. The van der Waals surface area contributed by atoms with E-state index in [9.17, 15) is 19.3 Å². The van der Waals surface area contributed by atoms with E-state index >= 15 is 0 Å². The van der Waals surface area contributed by atoms with Crippen molar-refractivity contribution in [1.82, 2.24) is 0 Å². The third-order valence-electron chi connectivity index (χ3n) is 2.69. The number of nitro groups is 1. The number of hydrogen-bond acceptors (Lipinski definition) is 4. The fraction of sp³-hybridized carbons (Fsp3) is 0.0714. The van der Waals surface area contributed by atoms with Crippen molar-refractivity contribution in [3.8, 4) is 11.5 Å². The number of halogens is 2. The second-order valence-electron chi connectivity index (χ2n) is 4.15. The topological polar surface area (TPSA) is 69.4 Å². The van der Waals surface area contributed by atoms with E-state index in [4.69, 9.17) is 16.3 Å². The summed E-state index contributed by atoms with van der Waals surface area (Å²) >= 11 is 5.62. The quantitative estimate of drug-likeness (QED) is 0.477. The minimum absolute atomic E-state index is 0.0351. The monoisotopic (exact) mass is 309 g/mol. The van der Waals surface area contributed by atoms with Gasteiger partial charge in [-0.15, -0.1) is 0 Å². The lowest BCUT2D eigenvalue weighted by Gasteiger charge is -2.08. The number of hydrogen-bond donors (Lipinski definition) is 0. The van der Waals surface area contributed by atoms with Gasteiger partial charge in [-0.3, -0.25) is 14.9 Å². The Balaban J connectivity index is 2.42. The lowest BCUT2D eigenvalue weighted by atomic mass is 10.1. The van der Waals surface area contributed by atoms with Crippen LogP contribution in [0.4, 0.5) is 10.1 Å². The second-order valence-corrected chi connectivity index (χ2v) is 4.55. The zero-order valence-electron chi connectivity index (χ0n) is 10.8. The number of Topliss-reactive ketones (excluding diaryl/α,β-unsaturated/α-hetero) is 1. The molecule has 0 spiro atoms. The zero-order valence-corrected chi connectivity index (χ0v) is 11.6. The number of benzene rings is 2. The van der Waals surface area contributed by atoms with Crippen LogP contribution >= 0.6 is 11.6 Å². The van der Waals surface area contributed by atoms with E-state index < -0.39 is 22.2 Å². The molecule has 0 amide bonds. The summed E-state index contributed by atoms with van der Waals surface area (Å²) in [6.07, 6.45) is 0. The maximum atomic E-state index is 13.7. The first-order valence-electron chi connectivity index (χ1n) is 5.81. The molecule has 5 nitrogen and oxygen atoms in total. The molecule has 0 fully saturated rings. The molecule has 2 aromatic carbocycles. The van der Waals surface area contributed by atoms with Gasteiger partial charge in [0.05, 0.1) is 21.6 Å². The number of carbonyl (C=O) groups excluding carboxylic acids is 1. The minimum Gasteiger partial charge on any atom is -0.454 e. The summed E-state index contributed by atoms with van der Waals surface area (Å²) in [6.45, 7) is 1.22. The minimum atomic E-state index is -0.766. The fourth-order valence-electron chi connectivity index (χ4n) is 1.71. The zero-order chi connectivity index (χ0) is 15.6. The lowest BCUT2D eigenvalue weighted by molar-refractivity contribution is -0.385. The Bertz CT molecular complexity index is 733. The van der Waals surface area contributed by atoms with Crippen molar-refractivity contribution in [2.45, 2.75) is 6.92 Å². The average Bonchev–Trinajstić information content (AvgIpc) is 2.43. The van der Waals surface area contributed by atoms with Crippen LogP contribution in [-0.2, 0) is 0 Å². The predicted molar refractivity (Wildman–Crippen MR) is 74.6 cm³/mol. The molecule has 21 heavy (non-hydrogen) atoms. The first-order chi connectivity index (χ1) is 9.90. The van der Waals surface area contributed by atoms with Crippen molar-refractivity contribution < 1.29 is 18.8 Å². The average molecular weight is 310 g/mol. The fourth-order valence-corrected chi connectivity index (χ4v) is 1.88. The molecule has 0 heterocycles. The highest BCUT2D eigenvalue weighted by Gasteiger charge is 2.19. The Morgan fingerprint density at radius 2 is 2.05 bits per heavy atom. The molecule has 0 saturated heterocycles. The van der Waals surface area contributed by atoms with Crippen LogP contribution < -0.4 is 4.74 Å². The Labute approximate surface area is 124 Å². The highest BCUT2D eigenvalue weighted by atomic mass is 35.5. The van der Waals surface area contributed by atoms with Crippen molar-refractivity contribution >= 4 is 23.1 Å². The molecule has 0 atom stereocenters. The van der Waals surface area contributed by atoms with Crippen LogP contribution in [0.1, 0.15) is 17.3 Å². The van der Waals surface area contributed by atoms with Crippen LogP contribution in [0.15, 0.2) is 36.4 Å². The Morgan fingerprint density at radius 1 is 1.33 bits per heavy atom. The van der Waals surface area contributed by atoms with E-state index in [1.54, 1.807) is 0 Å². The predicted octanol–water partition coefficient (Wildman–Crippen LogP) is 4.38. The molecule has 0 unspecified atom stereocenters. The van der Waals surface area contributed by atoms with Gasteiger partial charge in [-0.1, -0.05) is 17.7 Å². The number of ether oxygens (including phenoxy) is 1. The van der Waals surface area contributed by atoms with Crippen molar-refractivity contribution in [2.75, 3.05) is 0 Å². The van der Waals surface area contributed by atoms with Crippen LogP contribution in [-0.4, -0.2) is 10.7 Å². The molecule has 2 aromatic rings.